The summed E-state index contributed by atoms with van der Waals surface area (Å²) in [6.07, 6.45) is 1.01. The van der Waals surface area contributed by atoms with E-state index in [1.807, 2.05) is 24.3 Å². The highest BCUT2D eigenvalue weighted by atomic mass is 35.5. The molecule has 1 heterocycles. The third-order valence-electron chi connectivity index (χ3n) is 3.55. The number of para-hydroxylation sites is 2. The topological polar surface area (TPSA) is 85.4 Å². The van der Waals surface area contributed by atoms with Gasteiger partial charge in [0.2, 0.25) is 10.0 Å². The first-order valence-corrected chi connectivity index (χ1v) is 9.88. The molecule has 0 spiro atoms. The zero-order chi connectivity index (χ0) is 18.7. The van der Waals surface area contributed by atoms with Gasteiger partial charge in [-0.05, 0) is 24.3 Å². The molecule has 0 saturated carbocycles. The summed E-state index contributed by atoms with van der Waals surface area (Å²) in [7, 11) is -3.52. The second kappa shape index (κ2) is 7.31. The smallest absolute Gasteiger partial charge is 0.340 e. The van der Waals surface area contributed by atoms with Crippen molar-refractivity contribution in [2.45, 2.75) is 6.61 Å². The number of hydrogen-bond acceptors (Lipinski definition) is 5. The van der Waals surface area contributed by atoms with E-state index in [1.165, 1.54) is 12.1 Å². The highest BCUT2D eigenvalue weighted by Gasteiger charge is 2.16. The van der Waals surface area contributed by atoms with Gasteiger partial charge in [0.25, 0.3) is 0 Å². The lowest BCUT2D eigenvalue weighted by Crippen LogP contribution is -2.14. The van der Waals surface area contributed by atoms with Gasteiger partial charge in [0, 0.05) is 10.9 Å². The van der Waals surface area contributed by atoms with Crippen LogP contribution >= 0.6 is 11.6 Å². The molecule has 26 heavy (non-hydrogen) atoms. The van der Waals surface area contributed by atoms with Gasteiger partial charge in [-0.15, -0.1) is 0 Å². The summed E-state index contributed by atoms with van der Waals surface area (Å²) in [5, 5.41) is 1.13. The first kappa shape index (κ1) is 18.2. The van der Waals surface area contributed by atoms with E-state index in [1.54, 1.807) is 18.2 Å². The molecule has 0 fully saturated rings. The largest absolute Gasteiger partial charge is 0.457 e. The quantitative estimate of drug-likeness (QED) is 0.531. The van der Waals surface area contributed by atoms with Crippen molar-refractivity contribution in [1.29, 1.82) is 0 Å². The van der Waals surface area contributed by atoms with Gasteiger partial charge in [0.15, 0.2) is 0 Å². The molecule has 3 aromatic rings. The minimum atomic E-state index is -3.52. The van der Waals surface area contributed by atoms with E-state index >= 15 is 0 Å². The predicted octanol–water partition coefficient (Wildman–Crippen LogP) is 3.62. The third-order valence-corrected chi connectivity index (χ3v) is 4.47. The van der Waals surface area contributed by atoms with E-state index in [9.17, 15) is 13.2 Å². The van der Waals surface area contributed by atoms with Gasteiger partial charge >= 0.3 is 5.97 Å². The number of fused-ring (bicyclic) bond motifs is 1. The molecule has 3 rings (SSSR count). The van der Waals surface area contributed by atoms with Crippen molar-refractivity contribution in [3.8, 4) is 0 Å². The van der Waals surface area contributed by atoms with Crippen LogP contribution in [0, 0.1) is 0 Å². The maximum Gasteiger partial charge on any atom is 0.340 e. The Morgan fingerprint density at radius 1 is 1.15 bits per heavy atom. The summed E-state index contributed by atoms with van der Waals surface area (Å²) in [6.45, 7) is -0.0806. The Morgan fingerprint density at radius 3 is 2.62 bits per heavy atom. The van der Waals surface area contributed by atoms with Crippen LogP contribution in [-0.2, 0) is 21.4 Å². The van der Waals surface area contributed by atoms with Gasteiger partial charge in [0.05, 0.1) is 23.0 Å². The van der Waals surface area contributed by atoms with Crippen LogP contribution in [0.2, 0.25) is 5.15 Å². The van der Waals surface area contributed by atoms with Gasteiger partial charge < -0.3 is 4.74 Å². The fourth-order valence-corrected chi connectivity index (χ4v) is 3.19. The number of sulfonamides is 1. The summed E-state index contributed by atoms with van der Waals surface area (Å²) >= 11 is 6.16. The zero-order valence-corrected chi connectivity index (χ0v) is 15.3. The maximum atomic E-state index is 12.4. The molecule has 0 aliphatic rings. The normalized spacial score (nSPS) is 11.3. The van der Waals surface area contributed by atoms with Gasteiger partial charge in [0.1, 0.15) is 11.8 Å². The van der Waals surface area contributed by atoms with Crippen molar-refractivity contribution in [2.75, 3.05) is 11.0 Å². The molecule has 6 nitrogen and oxygen atoms in total. The van der Waals surface area contributed by atoms with Gasteiger partial charge in [-0.2, -0.15) is 0 Å². The highest BCUT2D eigenvalue weighted by molar-refractivity contribution is 7.92. The van der Waals surface area contributed by atoms with Gasteiger partial charge in [-0.1, -0.05) is 41.9 Å². The highest BCUT2D eigenvalue weighted by Crippen LogP contribution is 2.23. The molecule has 0 radical (unpaired) electrons. The Balaban J connectivity index is 1.81. The minimum Gasteiger partial charge on any atom is -0.457 e. The fraction of sp³-hybridized carbons (Fsp3) is 0.111. The van der Waals surface area contributed by atoms with Crippen LogP contribution in [0.1, 0.15) is 15.9 Å². The first-order valence-electron chi connectivity index (χ1n) is 7.61. The Morgan fingerprint density at radius 2 is 1.85 bits per heavy atom. The van der Waals surface area contributed by atoms with Crippen LogP contribution in [-0.4, -0.2) is 25.6 Å². The predicted molar refractivity (Wildman–Crippen MR) is 101 cm³/mol. The number of ether oxygens (including phenoxy) is 1. The SMILES string of the molecule is CS(=O)(=O)Nc1ccccc1C(=O)OCc1cc2ccccc2nc1Cl. The minimum absolute atomic E-state index is 0.0806. The number of benzene rings is 2. The Hall–Kier alpha value is -2.64. The number of carbonyl (C=O) groups is 1. The van der Waals surface area contributed by atoms with Crippen LogP contribution in [0.4, 0.5) is 5.69 Å². The summed E-state index contributed by atoms with van der Waals surface area (Å²) in [4.78, 5) is 16.7. The number of pyridine rings is 1. The van der Waals surface area contributed by atoms with E-state index < -0.39 is 16.0 Å². The lowest BCUT2D eigenvalue weighted by molar-refractivity contribution is 0.0474. The number of anilines is 1. The van der Waals surface area contributed by atoms with Gasteiger partial charge in [-0.25, -0.2) is 18.2 Å². The van der Waals surface area contributed by atoms with Crippen LogP contribution < -0.4 is 4.72 Å². The van der Waals surface area contributed by atoms with Crippen molar-refractivity contribution < 1.29 is 17.9 Å². The number of rotatable bonds is 5. The molecule has 0 saturated heterocycles. The summed E-state index contributed by atoms with van der Waals surface area (Å²) < 4.78 is 30.5. The van der Waals surface area contributed by atoms with Crippen LogP contribution in [0.5, 0.6) is 0 Å². The molecule has 1 aromatic heterocycles. The third kappa shape index (κ3) is 4.30. The molecule has 2 aromatic carbocycles. The second-order valence-corrected chi connectivity index (χ2v) is 7.73. The monoisotopic (exact) mass is 390 g/mol. The van der Waals surface area contributed by atoms with Crippen LogP contribution in [0.25, 0.3) is 10.9 Å². The Bertz CT molecular complexity index is 1080. The lowest BCUT2D eigenvalue weighted by Gasteiger charge is -2.11. The molecule has 0 bridgehead atoms. The molecule has 0 aliphatic carbocycles. The molecule has 0 amide bonds. The molecule has 134 valence electrons. The Labute approximate surface area is 155 Å². The number of aromatic nitrogens is 1. The maximum absolute atomic E-state index is 12.4. The summed E-state index contributed by atoms with van der Waals surface area (Å²) in [5.74, 6) is -0.666. The van der Waals surface area contributed by atoms with E-state index in [0.29, 0.717) is 5.56 Å². The number of halogens is 1. The average molecular weight is 391 g/mol. The van der Waals surface area contributed by atoms with Crippen molar-refractivity contribution in [1.82, 2.24) is 4.98 Å². The number of esters is 1. The molecular formula is C18H15ClN2O4S. The molecule has 8 heteroatoms. The average Bonchev–Trinajstić information content (AvgIpc) is 2.58. The van der Waals surface area contributed by atoms with E-state index in [0.717, 1.165) is 17.2 Å². The second-order valence-electron chi connectivity index (χ2n) is 5.63. The number of hydrogen-bond donors (Lipinski definition) is 1. The lowest BCUT2D eigenvalue weighted by atomic mass is 10.1. The van der Waals surface area contributed by atoms with E-state index in [-0.39, 0.29) is 23.0 Å². The van der Waals surface area contributed by atoms with Crippen molar-refractivity contribution >= 4 is 44.2 Å². The summed E-state index contributed by atoms with van der Waals surface area (Å²) in [5.41, 5.74) is 1.58. The number of nitrogens with zero attached hydrogens (tertiary/aromatic N) is 1. The van der Waals surface area contributed by atoms with Crippen LogP contribution in [0.3, 0.4) is 0 Å². The summed E-state index contributed by atoms with van der Waals surface area (Å²) in [6, 6.07) is 15.5. The van der Waals surface area contributed by atoms with Crippen molar-refractivity contribution in [2.24, 2.45) is 0 Å². The molecule has 0 atom stereocenters. The molecular weight excluding hydrogens is 376 g/mol. The zero-order valence-electron chi connectivity index (χ0n) is 13.8. The molecule has 1 N–H and O–H groups in total. The van der Waals surface area contributed by atoms with E-state index in [2.05, 4.69) is 9.71 Å². The number of nitrogens with one attached hydrogen (secondary N) is 1. The standard InChI is InChI=1S/C18H15ClN2O4S/c1-26(23,24)21-16-9-5-3-7-14(16)18(22)25-11-13-10-12-6-2-4-8-15(12)20-17(13)19/h2-10,21H,11H2,1H3. The van der Waals surface area contributed by atoms with E-state index in [4.69, 9.17) is 16.3 Å². The van der Waals surface area contributed by atoms with Gasteiger partial charge in [-0.3, -0.25) is 4.72 Å². The fourth-order valence-electron chi connectivity index (χ4n) is 2.41. The first-order chi connectivity index (χ1) is 12.3. The van der Waals surface area contributed by atoms with Crippen molar-refractivity contribution in [3.63, 3.8) is 0 Å². The molecule has 0 unspecified atom stereocenters. The van der Waals surface area contributed by atoms with Crippen molar-refractivity contribution in [3.05, 3.63) is 70.9 Å². The van der Waals surface area contributed by atoms with Crippen LogP contribution in [0.15, 0.2) is 54.6 Å². The Kier molecular flexibility index (Phi) is 5.11. The number of carbonyl (C=O) groups excluding carboxylic acids is 1. The molecule has 0 aliphatic heterocycles.